The van der Waals surface area contributed by atoms with Crippen LogP contribution in [-0.2, 0) is 13.0 Å². The molecule has 0 radical (unpaired) electrons. The van der Waals surface area contributed by atoms with Crippen molar-refractivity contribution in [3.8, 4) is 0 Å². The Balaban J connectivity index is 2.15. The second kappa shape index (κ2) is 5.33. The first-order chi connectivity index (χ1) is 8.22. The highest BCUT2D eigenvalue weighted by Crippen LogP contribution is 2.14. The van der Waals surface area contributed by atoms with Crippen LogP contribution in [0.1, 0.15) is 18.3 Å². The smallest absolute Gasteiger partial charge is 0.214 e. The van der Waals surface area contributed by atoms with Crippen molar-refractivity contribution in [1.29, 1.82) is 0 Å². The minimum Gasteiger partial charge on any atom is -0.318 e. The van der Waals surface area contributed by atoms with Gasteiger partial charge in [-0.25, -0.2) is 4.68 Å². The lowest BCUT2D eigenvalue weighted by Crippen LogP contribution is -2.17. The summed E-state index contributed by atoms with van der Waals surface area (Å²) in [5.74, 6) is 0.877. The summed E-state index contributed by atoms with van der Waals surface area (Å²) in [5.41, 5.74) is 4.23. The second-order valence-electron chi connectivity index (χ2n) is 3.56. The molecule has 2 N–H and O–H groups in total. The lowest BCUT2D eigenvalue weighted by molar-refractivity contribution is 0.763. The van der Waals surface area contributed by atoms with Crippen LogP contribution in [-0.4, -0.2) is 14.9 Å². The molecule has 6 heteroatoms. The maximum absolute atomic E-state index is 6.08. The third kappa shape index (κ3) is 2.68. The van der Waals surface area contributed by atoms with Crippen molar-refractivity contribution in [2.45, 2.75) is 19.9 Å². The van der Waals surface area contributed by atoms with Gasteiger partial charge in [0.1, 0.15) is 0 Å². The average molecular weight is 269 g/mol. The molecular formula is C11H13ClN4S. The van der Waals surface area contributed by atoms with E-state index in [-0.39, 0.29) is 0 Å². The molecule has 1 heterocycles. The summed E-state index contributed by atoms with van der Waals surface area (Å²) in [5, 5.41) is 7.62. The molecule has 1 aromatic heterocycles. The predicted molar refractivity (Wildman–Crippen MR) is 71.3 cm³/mol. The third-order valence-corrected chi connectivity index (χ3v) is 3.09. The fraction of sp³-hybridized carbons (Fsp3) is 0.273. The van der Waals surface area contributed by atoms with Crippen LogP contribution in [0, 0.1) is 4.77 Å². The molecule has 0 amide bonds. The molecule has 0 unspecified atom stereocenters. The molecule has 0 aliphatic rings. The molecule has 2 rings (SSSR count). The van der Waals surface area contributed by atoms with Crippen LogP contribution >= 0.6 is 23.8 Å². The number of aromatic nitrogens is 3. The van der Waals surface area contributed by atoms with E-state index in [0.29, 0.717) is 11.3 Å². The van der Waals surface area contributed by atoms with Gasteiger partial charge in [0.2, 0.25) is 4.77 Å². The molecule has 0 saturated heterocycles. The Bertz CT molecular complexity index is 561. The Kier molecular flexibility index (Phi) is 3.81. The third-order valence-electron chi connectivity index (χ3n) is 2.44. The van der Waals surface area contributed by atoms with Crippen LogP contribution in [0.2, 0.25) is 5.02 Å². The molecule has 0 fully saturated rings. The SMILES string of the molecule is CCc1n[nH]c(=S)n1NCc1ccccc1Cl. The Morgan fingerprint density at radius 2 is 2.24 bits per heavy atom. The molecule has 0 bridgehead atoms. The van der Waals surface area contributed by atoms with Gasteiger partial charge in [-0.1, -0.05) is 36.7 Å². The van der Waals surface area contributed by atoms with Crippen molar-refractivity contribution in [3.63, 3.8) is 0 Å². The molecule has 0 spiro atoms. The fourth-order valence-corrected chi connectivity index (χ4v) is 1.95. The summed E-state index contributed by atoms with van der Waals surface area (Å²) in [7, 11) is 0. The van der Waals surface area contributed by atoms with Gasteiger partial charge in [0.25, 0.3) is 0 Å². The summed E-state index contributed by atoms with van der Waals surface area (Å²) >= 11 is 11.2. The monoisotopic (exact) mass is 268 g/mol. The number of H-pyrrole nitrogens is 1. The van der Waals surface area contributed by atoms with Gasteiger partial charge in [-0.3, -0.25) is 5.10 Å². The van der Waals surface area contributed by atoms with E-state index in [9.17, 15) is 0 Å². The largest absolute Gasteiger partial charge is 0.318 e. The van der Waals surface area contributed by atoms with Crippen molar-refractivity contribution in [2.24, 2.45) is 0 Å². The van der Waals surface area contributed by atoms with Gasteiger partial charge in [-0.2, -0.15) is 5.10 Å². The number of nitrogens with one attached hydrogen (secondary N) is 2. The summed E-state index contributed by atoms with van der Waals surface area (Å²) in [6.45, 7) is 2.64. The van der Waals surface area contributed by atoms with E-state index in [2.05, 4.69) is 15.6 Å². The molecule has 0 atom stereocenters. The fourth-order valence-electron chi connectivity index (χ4n) is 1.54. The van der Waals surface area contributed by atoms with Crippen molar-refractivity contribution in [3.05, 3.63) is 45.4 Å². The lowest BCUT2D eigenvalue weighted by atomic mass is 10.2. The van der Waals surface area contributed by atoms with E-state index >= 15 is 0 Å². The van der Waals surface area contributed by atoms with Gasteiger partial charge in [0.15, 0.2) is 5.82 Å². The first kappa shape index (κ1) is 12.1. The van der Waals surface area contributed by atoms with Crippen LogP contribution in [0.3, 0.4) is 0 Å². The van der Waals surface area contributed by atoms with Gasteiger partial charge in [-0.05, 0) is 23.8 Å². The van der Waals surface area contributed by atoms with Gasteiger partial charge in [0, 0.05) is 11.4 Å². The van der Waals surface area contributed by atoms with Crippen molar-refractivity contribution in [2.75, 3.05) is 5.43 Å². The van der Waals surface area contributed by atoms with Crippen molar-refractivity contribution < 1.29 is 0 Å². The second-order valence-corrected chi connectivity index (χ2v) is 4.35. The van der Waals surface area contributed by atoms with E-state index in [0.717, 1.165) is 22.8 Å². The van der Waals surface area contributed by atoms with Gasteiger partial charge in [0.05, 0.1) is 6.54 Å². The number of nitrogens with zero attached hydrogens (tertiary/aromatic N) is 2. The van der Waals surface area contributed by atoms with Crippen LogP contribution in [0.4, 0.5) is 0 Å². The van der Waals surface area contributed by atoms with Crippen molar-refractivity contribution in [1.82, 2.24) is 14.9 Å². The Hall–Kier alpha value is -1.33. The average Bonchev–Trinajstić information content (AvgIpc) is 2.69. The molecule has 2 aromatic rings. The molecule has 0 aliphatic heterocycles. The van der Waals surface area contributed by atoms with Gasteiger partial charge >= 0.3 is 0 Å². The van der Waals surface area contributed by atoms with Gasteiger partial charge in [-0.15, -0.1) is 0 Å². The van der Waals surface area contributed by atoms with E-state index in [1.807, 2.05) is 31.2 Å². The number of rotatable bonds is 4. The first-order valence-electron chi connectivity index (χ1n) is 5.36. The topological polar surface area (TPSA) is 45.6 Å². The molecular weight excluding hydrogens is 256 g/mol. The summed E-state index contributed by atoms with van der Waals surface area (Å²) in [6.07, 6.45) is 0.808. The normalized spacial score (nSPS) is 10.5. The zero-order valence-corrected chi connectivity index (χ0v) is 11.0. The number of hydrogen-bond donors (Lipinski definition) is 2. The first-order valence-corrected chi connectivity index (χ1v) is 6.14. The summed E-state index contributed by atoms with van der Waals surface area (Å²) in [4.78, 5) is 0. The van der Waals surface area contributed by atoms with Crippen LogP contribution in [0.15, 0.2) is 24.3 Å². The molecule has 0 aliphatic carbocycles. The minimum atomic E-state index is 0.564. The number of aryl methyl sites for hydroxylation is 1. The highest BCUT2D eigenvalue weighted by molar-refractivity contribution is 7.71. The summed E-state index contributed by atoms with van der Waals surface area (Å²) < 4.78 is 2.34. The predicted octanol–water partition coefficient (Wildman–Crippen LogP) is 2.90. The maximum Gasteiger partial charge on any atom is 0.214 e. The molecule has 1 aromatic carbocycles. The molecule has 0 saturated carbocycles. The standard InChI is InChI=1S/C11H13ClN4S/c1-2-10-14-15-11(17)16(10)13-7-8-5-3-4-6-9(8)12/h3-6,13H,2,7H2,1H3,(H,15,17). The maximum atomic E-state index is 6.08. The Morgan fingerprint density at radius 1 is 1.47 bits per heavy atom. The van der Waals surface area contributed by atoms with Crippen LogP contribution in [0.5, 0.6) is 0 Å². The van der Waals surface area contributed by atoms with E-state index in [1.165, 1.54) is 0 Å². The van der Waals surface area contributed by atoms with Crippen molar-refractivity contribution >= 4 is 23.8 Å². The summed E-state index contributed by atoms with van der Waals surface area (Å²) in [6, 6.07) is 7.71. The zero-order valence-electron chi connectivity index (χ0n) is 9.40. The van der Waals surface area contributed by atoms with Crippen LogP contribution in [0.25, 0.3) is 0 Å². The number of hydrogen-bond acceptors (Lipinski definition) is 3. The van der Waals surface area contributed by atoms with Crippen LogP contribution < -0.4 is 5.43 Å². The lowest BCUT2D eigenvalue weighted by Gasteiger charge is -2.10. The molecule has 90 valence electrons. The van der Waals surface area contributed by atoms with E-state index in [4.69, 9.17) is 23.8 Å². The highest BCUT2D eigenvalue weighted by Gasteiger charge is 2.04. The highest BCUT2D eigenvalue weighted by atomic mass is 35.5. The van der Waals surface area contributed by atoms with Gasteiger partial charge < -0.3 is 5.43 Å². The quantitative estimate of drug-likeness (QED) is 0.838. The Morgan fingerprint density at radius 3 is 2.94 bits per heavy atom. The number of benzene rings is 1. The zero-order chi connectivity index (χ0) is 12.3. The molecule has 17 heavy (non-hydrogen) atoms. The number of aromatic amines is 1. The Labute approximate surface area is 110 Å². The minimum absolute atomic E-state index is 0.564. The molecule has 4 nitrogen and oxygen atoms in total. The van der Waals surface area contributed by atoms with E-state index in [1.54, 1.807) is 4.68 Å². The number of halogens is 1. The van der Waals surface area contributed by atoms with E-state index < -0.39 is 0 Å².